The first-order valence-corrected chi connectivity index (χ1v) is 4.36. The molecule has 0 atom stereocenters. The van der Waals surface area contributed by atoms with Gasteiger partial charge in [-0.15, -0.1) is 6.42 Å². The Morgan fingerprint density at radius 1 is 1.38 bits per heavy atom. The molecule has 0 nitrogen and oxygen atoms in total. The molecule has 1 aromatic rings. The SMILES string of the molecule is C#Cc1cc(C)c(C(=C)Cl)cc1C. The zero-order valence-electron chi connectivity index (χ0n) is 7.82. The van der Waals surface area contributed by atoms with Gasteiger partial charge < -0.3 is 0 Å². The molecule has 0 saturated heterocycles. The fourth-order valence-corrected chi connectivity index (χ4v) is 1.47. The average Bonchev–Trinajstić information content (AvgIpc) is 2.07. The predicted octanol–water partition coefficient (Wildman–Crippen LogP) is 3.49. The largest absolute Gasteiger partial charge is 0.115 e. The van der Waals surface area contributed by atoms with Crippen LogP contribution in [0.3, 0.4) is 0 Å². The highest BCUT2D eigenvalue weighted by Crippen LogP contribution is 2.23. The molecular formula is C12H11Cl. The van der Waals surface area contributed by atoms with Gasteiger partial charge >= 0.3 is 0 Å². The van der Waals surface area contributed by atoms with Gasteiger partial charge in [0.05, 0.1) is 0 Å². The maximum atomic E-state index is 5.83. The quantitative estimate of drug-likeness (QED) is 0.595. The van der Waals surface area contributed by atoms with E-state index in [1.807, 2.05) is 26.0 Å². The van der Waals surface area contributed by atoms with Crippen molar-refractivity contribution in [3.63, 3.8) is 0 Å². The Morgan fingerprint density at radius 2 is 2.00 bits per heavy atom. The summed E-state index contributed by atoms with van der Waals surface area (Å²) in [6.07, 6.45) is 5.34. The fraction of sp³-hybridized carbons (Fsp3) is 0.167. The Balaban J connectivity index is 3.39. The second-order valence-corrected chi connectivity index (χ2v) is 3.49. The fourth-order valence-electron chi connectivity index (χ4n) is 1.26. The minimum atomic E-state index is 0.559. The molecule has 0 aliphatic carbocycles. The maximum Gasteiger partial charge on any atom is 0.0409 e. The molecule has 0 bridgehead atoms. The number of benzene rings is 1. The molecule has 1 heteroatoms. The van der Waals surface area contributed by atoms with E-state index in [1.165, 1.54) is 0 Å². The standard InChI is InChI=1S/C12H11Cl/c1-5-11-6-9(3)12(10(4)13)7-8(11)2/h1,6-7H,4H2,2-3H3. The van der Waals surface area contributed by atoms with E-state index in [2.05, 4.69) is 12.5 Å². The average molecular weight is 191 g/mol. The Morgan fingerprint density at radius 3 is 2.46 bits per heavy atom. The van der Waals surface area contributed by atoms with E-state index < -0.39 is 0 Å². The molecule has 0 N–H and O–H groups in total. The first-order chi connectivity index (χ1) is 6.06. The Kier molecular flexibility index (Phi) is 2.80. The number of halogens is 1. The van der Waals surface area contributed by atoms with E-state index in [-0.39, 0.29) is 0 Å². The summed E-state index contributed by atoms with van der Waals surface area (Å²) in [5.41, 5.74) is 4.01. The topological polar surface area (TPSA) is 0 Å². The lowest BCUT2D eigenvalue weighted by molar-refractivity contribution is 1.35. The third kappa shape index (κ3) is 1.94. The van der Waals surface area contributed by atoms with Crippen LogP contribution in [0, 0.1) is 26.2 Å². The number of terminal acetylenes is 1. The summed E-state index contributed by atoms with van der Waals surface area (Å²) < 4.78 is 0. The van der Waals surface area contributed by atoms with Gasteiger partial charge in [-0.3, -0.25) is 0 Å². The van der Waals surface area contributed by atoms with Crippen LogP contribution in [0.25, 0.3) is 5.03 Å². The van der Waals surface area contributed by atoms with Crippen molar-refractivity contribution in [3.05, 3.63) is 41.0 Å². The van der Waals surface area contributed by atoms with E-state index >= 15 is 0 Å². The Labute approximate surface area is 84.2 Å². The number of aryl methyl sites for hydroxylation is 2. The van der Waals surface area contributed by atoms with Gasteiger partial charge in [-0.2, -0.15) is 0 Å². The first-order valence-electron chi connectivity index (χ1n) is 3.99. The number of hydrogen-bond acceptors (Lipinski definition) is 0. The summed E-state index contributed by atoms with van der Waals surface area (Å²) in [4.78, 5) is 0. The molecular weight excluding hydrogens is 180 g/mol. The molecule has 0 heterocycles. The van der Waals surface area contributed by atoms with Crippen molar-refractivity contribution in [1.82, 2.24) is 0 Å². The molecule has 0 aliphatic heterocycles. The van der Waals surface area contributed by atoms with Gasteiger partial charge in [-0.25, -0.2) is 0 Å². The molecule has 0 aliphatic rings. The van der Waals surface area contributed by atoms with Gasteiger partial charge in [0.2, 0.25) is 0 Å². The zero-order valence-corrected chi connectivity index (χ0v) is 8.57. The van der Waals surface area contributed by atoms with Gasteiger partial charge in [0.1, 0.15) is 0 Å². The van der Waals surface area contributed by atoms with E-state index in [1.54, 1.807) is 0 Å². The molecule has 0 fully saturated rings. The third-order valence-corrected chi connectivity index (χ3v) is 2.22. The summed E-state index contributed by atoms with van der Waals surface area (Å²) in [6, 6.07) is 3.93. The second kappa shape index (κ2) is 3.68. The van der Waals surface area contributed by atoms with Crippen LogP contribution in [0.15, 0.2) is 18.7 Å². The molecule has 66 valence electrons. The summed E-state index contributed by atoms with van der Waals surface area (Å²) >= 11 is 5.83. The smallest absolute Gasteiger partial charge is 0.0409 e. The molecule has 0 unspecified atom stereocenters. The van der Waals surface area contributed by atoms with Crippen LogP contribution in [0.4, 0.5) is 0 Å². The van der Waals surface area contributed by atoms with E-state index in [0.717, 1.165) is 22.3 Å². The summed E-state index contributed by atoms with van der Waals surface area (Å²) in [5, 5.41) is 0.559. The molecule has 0 amide bonds. The summed E-state index contributed by atoms with van der Waals surface area (Å²) in [5.74, 6) is 2.63. The van der Waals surface area contributed by atoms with Crippen molar-refractivity contribution in [1.29, 1.82) is 0 Å². The van der Waals surface area contributed by atoms with E-state index in [0.29, 0.717) is 5.03 Å². The van der Waals surface area contributed by atoms with Crippen LogP contribution in [-0.4, -0.2) is 0 Å². The van der Waals surface area contributed by atoms with Crippen molar-refractivity contribution < 1.29 is 0 Å². The molecule has 13 heavy (non-hydrogen) atoms. The van der Waals surface area contributed by atoms with Gasteiger partial charge in [0.25, 0.3) is 0 Å². The summed E-state index contributed by atoms with van der Waals surface area (Å²) in [7, 11) is 0. The Bertz CT molecular complexity index is 394. The summed E-state index contributed by atoms with van der Waals surface area (Å²) in [6.45, 7) is 7.64. The molecule has 0 radical (unpaired) electrons. The Hall–Kier alpha value is -1.19. The van der Waals surface area contributed by atoms with Crippen LogP contribution in [0.5, 0.6) is 0 Å². The van der Waals surface area contributed by atoms with Gasteiger partial charge in [0, 0.05) is 10.6 Å². The van der Waals surface area contributed by atoms with E-state index in [9.17, 15) is 0 Å². The van der Waals surface area contributed by atoms with Gasteiger partial charge in [0.15, 0.2) is 0 Å². The lowest BCUT2D eigenvalue weighted by Crippen LogP contribution is -1.89. The number of hydrogen-bond donors (Lipinski definition) is 0. The monoisotopic (exact) mass is 190 g/mol. The molecule has 0 aromatic heterocycles. The van der Waals surface area contributed by atoms with Crippen molar-refractivity contribution in [3.8, 4) is 12.3 Å². The van der Waals surface area contributed by atoms with Gasteiger partial charge in [-0.1, -0.05) is 24.1 Å². The highest BCUT2D eigenvalue weighted by molar-refractivity contribution is 6.48. The molecule has 1 aromatic carbocycles. The van der Waals surface area contributed by atoms with Crippen LogP contribution in [0.2, 0.25) is 0 Å². The first kappa shape index (κ1) is 9.89. The lowest BCUT2D eigenvalue weighted by Gasteiger charge is -2.07. The maximum absolute atomic E-state index is 5.83. The van der Waals surface area contributed by atoms with Crippen LogP contribution in [0.1, 0.15) is 22.3 Å². The van der Waals surface area contributed by atoms with Crippen molar-refractivity contribution in [2.24, 2.45) is 0 Å². The van der Waals surface area contributed by atoms with Crippen molar-refractivity contribution in [2.45, 2.75) is 13.8 Å². The van der Waals surface area contributed by atoms with Crippen molar-refractivity contribution >= 4 is 16.6 Å². The van der Waals surface area contributed by atoms with Crippen LogP contribution in [-0.2, 0) is 0 Å². The van der Waals surface area contributed by atoms with Gasteiger partial charge in [-0.05, 0) is 42.7 Å². The third-order valence-electron chi connectivity index (χ3n) is 2.02. The van der Waals surface area contributed by atoms with Crippen molar-refractivity contribution in [2.75, 3.05) is 0 Å². The van der Waals surface area contributed by atoms with E-state index in [4.69, 9.17) is 18.0 Å². The highest BCUT2D eigenvalue weighted by atomic mass is 35.5. The zero-order chi connectivity index (χ0) is 10.0. The molecule has 1 rings (SSSR count). The lowest BCUT2D eigenvalue weighted by atomic mass is 10.0. The predicted molar refractivity (Wildman–Crippen MR) is 58.7 cm³/mol. The second-order valence-electron chi connectivity index (χ2n) is 3.03. The van der Waals surface area contributed by atoms with Crippen LogP contribution >= 0.6 is 11.6 Å². The minimum absolute atomic E-state index is 0.559. The highest BCUT2D eigenvalue weighted by Gasteiger charge is 2.03. The minimum Gasteiger partial charge on any atom is -0.115 e. The molecule has 0 spiro atoms. The number of rotatable bonds is 1. The van der Waals surface area contributed by atoms with Crippen LogP contribution < -0.4 is 0 Å². The molecule has 0 saturated carbocycles. The normalized spacial score (nSPS) is 9.38.